The van der Waals surface area contributed by atoms with Gasteiger partial charge in [0.05, 0.1) is 18.7 Å². The van der Waals surface area contributed by atoms with Gasteiger partial charge in [0.2, 0.25) is 35.4 Å². The Morgan fingerprint density at radius 3 is 2.19 bits per heavy atom. The first kappa shape index (κ1) is 50.8. The molecule has 0 aliphatic carbocycles. The Hall–Kier alpha value is -5.83. The van der Waals surface area contributed by atoms with Crippen LogP contribution in [0.15, 0.2) is 40.3 Å². The SMILES string of the molecule is CCCCCC[C@@H]1CC(=O)N(C(=O)[C@H](Cc2ccccc2)NC(=O)CNC(=O)[C@@H]2CC(O)CN2C(=O)[C@@H]2CCCN2C(=O)[C@H](CCCN=C(N)N)NC(=O)[C@H](N)CCCN=C(N)N)C1. The average molecular weight is 896 g/mol. The molecule has 4 rings (SSSR count). The van der Waals surface area contributed by atoms with E-state index in [0.717, 1.165) is 37.7 Å². The molecule has 354 valence electrons. The second-order valence-electron chi connectivity index (χ2n) is 16.9. The molecular weight excluding hydrogens is 827 g/mol. The van der Waals surface area contributed by atoms with E-state index in [0.29, 0.717) is 19.3 Å². The minimum Gasteiger partial charge on any atom is -0.391 e. The number of unbranched alkanes of at least 4 members (excludes halogenated alkanes) is 3. The molecule has 0 aromatic heterocycles. The van der Waals surface area contributed by atoms with Crippen molar-refractivity contribution in [1.29, 1.82) is 0 Å². The van der Waals surface area contributed by atoms with Gasteiger partial charge in [-0.05, 0) is 56.4 Å². The van der Waals surface area contributed by atoms with E-state index in [1.807, 2.05) is 30.3 Å². The lowest BCUT2D eigenvalue weighted by molar-refractivity contribution is -0.148. The van der Waals surface area contributed by atoms with Crippen LogP contribution in [0.3, 0.4) is 0 Å². The number of carbonyl (C=O) groups is 7. The number of nitrogens with zero attached hydrogens (tertiary/aromatic N) is 5. The summed E-state index contributed by atoms with van der Waals surface area (Å²) in [6.45, 7) is 2.30. The van der Waals surface area contributed by atoms with Crippen molar-refractivity contribution in [3.05, 3.63) is 35.9 Å². The van der Waals surface area contributed by atoms with Crippen LogP contribution in [0.5, 0.6) is 0 Å². The van der Waals surface area contributed by atoms with E-state index in [1.54, 1.807) is 0 Å². The van der Waals surface area contributed by atoms with Gasteiger partial charge in [0.1, 0.15) is 24.2 Å². The lowest BCUT2D eigenvalue weighted by atomic mass is 10.00. The number of β-amino-alcohol motifs (C(OH)–C–C–N with tert-alkyl or cyclic N) is 1. The van der Waals surface area contributed by atoms with Gasteiger partial charge in [0.15, 0.2) is 11.9 Å². The number of hydrogen-bond acceptors (Lipinski definition) is 11. The number of carbonyl (C=O) groups excluding carboxylic acids is 7. The molecule has 1 aromatic rings. The molecule has 0 spiro atoms. The summed E-state index contributed by atoms with van der Waals surface area (Å²) in [6, 6.07) is 3.75. The molecule has 7 atom stereocenters. The minimum absolute atomic E-state index is 0.0510. The minimum atomic E-state index is -1.17. The summed E-state index contributed by atoms with van der Waals surface area (Å²) >= 11 is 0. The number of amides is 7. The molecular formula is C43H69N13O8. The third kappa shape index (κ3) is 15.5. The van der Waals surface area contributed by atoms with Crippen LogP contribution in [0.4, 0.5) is 0 Å². The summed E-state index contributed by atoms with van der Waals surface area (Å²) in [4.78, 5) is 107. The van der Waals surface area contributed by atoms with Crippen molar-refractivity contribution in [2.45, 2.75) is 133 Å². The normalized spacial score (nSPS) is 20.9. The van der Waals surface area contributed by atoms with Crippen molar-refractivity contribution in [2.75, 3.05) is 39.3 Å². The summed E-state index contributed by atoms with van der Waals surface area (Å²) in [5.74, 6) is -4.05. The van der Waals surface area contributed by atoms with Crippen LogP contribution < -0.4 is 44.6 Å². The molecule has 0 bridgehead atoms. The maximum absolute atomic E-state index is 14.2. The topological polar surface area (TPSA) is 340 Å². The van der Waals surface area contributed by atoms with Gasteiger partial charge in [-0.1, -0.05) is 62.9 Å². The quantitative estimate of drug-likeness (QED) is 0.0310. The molecule has 3 heterocycles. The zero-order valence-corrected chi connectivity index (χ0v) is 37.0. The van der Waals surface area contributed by atoms with Gasteiger partial charge >= 0.3 is 0 Å². The number of aliphatic imine (C=N–C) groups is 2. The number of rotatable bonds is 24. The van der Waals surface area contributed by atoms with Crippen molar-refractivity contribution in [3.63, 3.8) is 0 Å². The Morgan fingerprint density at radius 1 is 0.828 bits per heavy atom. The van der Waals surface area contributed by atoms with Crippen LogP contribution in [0.1, 0.15) is 96.0 Å². The van der Waals surface area contributed by atoms with Gasteiger partial charge in [0.25, 0.3) is 5.91 Å². The van der Waals surface area contributed by atoms with Crippen molar-refractivity contribution in [3.8, 4) is 0 Å². The number of nitrogens with one attached hydrogen (secondary N) is 3. The van der Waals surface area contributed by atoms with Crippen LogP contribution >= 0.6 is 0 Å². The van der Waals surface area contributed by atoms with Gasteiger partial charge in [-0.25, -0.2) is 0 Å². The number of aliphatic hydroxyl groups excluding tert-OH is 1. The Balaban J connectivity index is 1.40. The van der Waals surface area contributed by atoms with E-state index in [9.17, 15) is 38.7 Å². The van der Waals surface area contributed by atoms with E-state index in [4.69, 9.17) is 28.7 Å². The number of likely N-dealkylation sites (tertiary alicyclic amines) is 3. The lowest BCUT2D eigenvalue weighted by Gasteiger charge is -2.33. The number of imide groups is 1. The maximum atomic E-state index is 14.2. The number of benzene rings is 1. The van der Waals surface area contributed by atoms with Gasteiger partial charge in [0, 0.05) is 52.0 Å². The zero-order chi connectivity index (χ0) is 46.8. The predicted octanol–water partition coefficient (Wildman–Crippen LogP) is -1.95. The molecule has 21 heteroatoms. The van der Waals surface area contributed by atoms with Crippen LogP contribution in [-0.2, 0) is 40.0 Å². The second-order valence-corrected chi connectivity index (χ2v) is 16.9. The highest BCUT2D eigenvalue weighted by atomic mass is 16.3. The molecule has 1 unspecified atom stereocenters. The van der Waals surface area contributed by atoms with E-state index < -0.39 is 78.3 Å². The average Bonchev–Trinajstić information content (AvgIpc) is 4.01. The number of aliphatic hydroxyl groups is 1. The highest BCUT2D eigenvalue weighted by Crippen LogP contribution is 2.27. The molecule has 3 fully saturated rings. The van der Waals surface area contributed by atoms with Gasteiger partial charge in [-0.15, -0.1) is 0 Å². The third-order valence-corrected chi connectivity index (χ3v) is 11.8. The number of hydrogen-bond donors (Lipinski definition) is 9. The molecule has 7 amide bonds. The fourth-order valence-electron chi connectivity index (χ4n) is 8.49. The number of nitrogens with two attached hydrogens (primary N) is 5. The van der Waals surface area contributed by atoms with Gasteiger partial charge < -0.3 is 59.5 Å². The fourth-order valence-corrected chi connectivity index (χ4v) is 8.49. The van der Waals surface area contributed by atoms with Crippen LogP contribution in [0.2, 0.25) is 0 Å². The fraction of sp³-hybridized carbons (Fsp3) is 0.651. The largest absolute Gasteiger partial charge is 0.391 e. The van der Waals surface area contributed by atoms with E-state index in [2.05, 4.69) is 32.9 Å². The Bertz CT molecular complexity index is 1820. The van der Waals surface area contributed by atoms with Crippen LogP contribution in [-0.4, -0.2) is 149 Å². The monoisotopic (exact) mass is 896 g/mol. The first-order valence-corrected chi connectivity index (χ1v) is 22.5. The predicted molar refractivity (Wildman–Crippen MR) is 239 cm³/mol. The molecule has 14 N–H and O–H groups in total. The Labute approximate surface area is 374 Å². The smallest absolute Gasteiger partial charge is 0.252 e. The second kappa shape index (κ2) is 25.5. The van der Waals surface area contributed by atoms with Crippen LogP contribution in [0.25, 0.3) is 0 Å². The van der Waals surface area contributed by atoms with Crippen molar-refractivity contribution in [2.24, 2.45) is 44.6 Å². The van der Waals surface area contributed by atoms with Gasteiger partial charge in [-0.3, -0.25) is 48.4 Å². The first-order chi connectivity index (χ1) is 30.6. The van der Waals surface area contributed by atoms with Crippen molar-refractivity contribution < 1.29 is 38.7 Å². The van der Waals surface area contributed by atoms with Crippen LogP contribution in [0, 0.1) is 5.92 Å². The molecule has 1 aromatic carbocycles. The maximum Gasteiger partial charge on any atom is 0.252 e. The lowest BCUT2D eigenvalue weighted by Crippen LogP contribution is -2.57. The molecule has 3 aliphatic rings. The number of guanidine groups is 2. The van der Waals surface area contributed by atoms with E-state index in [1.165, 1.54) is 14.7 Å². The molecule has 0 saturated carbocycles. The third-order valence-electron chi connectivity index (χ3n) is 11.8. The van der Waals surface area contributed by atoms with Crippen molar-refractivity contribution in [1.82, 2.24) is 30.7 Å². The summed E-state index contributed by atoms with van der Waals surface area (Å²) in [5.41, 5.74) is 28.6. The Kier molecular flexibility index (Phi) is 20.2. The molecule has 21 nitrogen and oxygen atoms in total. The first-order valence-electron chi connectivity index (χ1n) is 22.5. The summed E-state index contributed by atoms with van der Waals surface area (Å²) < 4.78 is 0. The van der Waals surface area contributed by atoms with Crippen molar-refractivity contribution >= 4 is 53.3 Å². The van der Waals surface area contributed by atoms with Gasteiger partial charge in [-0.2, -0.15) is 0 Å². The highest BCUT2D eigenvalue weighted by molar-refractivity contribution is 6.01. The zero-order valence-electron chi connectivity index (χ0n) is 37.0. The summed E-state index contributed by atoms with van der Waals surface area (Å²) in [5, 5.41) is 18.7. The van der Waals surface area contributed by atoms with E-state index in [-0.39, 0.29) is 95.0 Å². The Morgan fingerprint density at radius 2 is 1.52 bits per heavy atom. The highest BCUT2D eigenvalue weighted by Gasteiger charge is 2.46. The standard InChI is InChI=1S/C43H69N13O8/c1-2-3-4-6-14-28-22-36(59)56(25-28)40(63)32(21-27-12-7-5-8-13-27)52-35(58)24-51-38(61)34-23-29(57)26-55(34)41(64)33-17-11-20-54(33)39(62)31(16-10-19-50-43(47)48)53-37(60)30(44)15-9-18-49-42(45)46/h5,7-8,12-13,28-34,57H,2-4,6,9-11,14-26,44H2,1H3,(H,51,61)(H,52,58)(H,53,60)(H4,45,46,49)(H4,47,48,50)/t28-,29?,30-,31+,32+,33+,34+/m1/s1. The van der Waals surface area contributed by atoms with E-state index >= 15 is 0 Å². The molecule has 0 radical (unpaired) electrons. The molecule has 64 heavy (non-hydrogen) atoms. The molecule has 3 saturated heterocycles. The summed E-state index contributed by atoms with van der Waals surface area (Å²) in [6.07, 6.45) is 6.08. The molecule has 3 aliphatic heterocycles. The summed E-state index contributed by atoms with van der Waals surface area (Å²) in [7, 11) is 0.